The van der Waals surface area contributed by atoms with Crippen LogP contribution in [0.3, 0.4) is 0 Å². The molecule has 0 unspecified atom stereocenters. The normalized spacial score (nSPS) is 11.1. The van der Waals surface area contributed by atoms with Crippen LogP contribution >= 0.6 is 12.2 Å². The quantitative estimate of drug-likeness (QED) is 0.597. The highest BCUT2D eigenvalue weighted by Crippen LogP contribution is 2.00. The average molecular weight is 214 g/mol. The van der Waals surface area contributed by atoms with Gasteiger partial charge in [-0.2, -0.15) is 5.10 Å². The van der Waals surface area contributed by atoms with E-state index in [-0.39, 0.29) is 0 Å². The second-order valence-corrected chi connectivity index (χ2v) is 4.12. The first-order valence-electron chi connectivity index (χ1n) is 4.88. The number of aromatic nitrogens is 3. The van der Waals surface area contributed by atoms with Crippen LogP contribution in [0.15, 0.2) is 0 Å². The van der Waals surface area contributed by atoms with E-state index in [2.05, 4.69) is 29.2 Å². The van der Waals surface area contributed by atoms with Crippen molar-refractivity contribution in [1.82, 2.24) is 19.7 Å². The summed E-state index contributed by atoms with van der Waals surface area (Å²) in [7, 11) is 4.18. The van der Waals surface area contributed by atoms with Crippen molar-refractivity contribution >= 4 is 12.2 Å². The van der Waals surface area contributed by atoms with Crippen molar-refractivity contribution in [3.63, 3.8) is 0 Å². The van der Waals surface area contributed by atoms with E-state index in [0.29, 0.717) is 0 Å². The van der Waals surface area contributed by atoms with Gasteiger partial charge in [0.05, 0.1) is 0 Å². The molecule has 1 aromatic heterocycles. The smallest absolute Gasteiger partial charge is 0.195 e. The lowest BCUT2D eigenvalue weighted by molar-refractivity contribution is 0.387. The van der Waals surface area contributed by atoms with E-state index >= 15 is 0 Å². The van der Waals surface area contributed by atoms with Crippen molar-refractivity contribution in [2.24, 2.45) is 0 Å². The fourth-order valence-corrected chi connectivity index (χ4v) is 1.63. The van der Waals surface area contributed by atoms with E-state index in [4.69, 9.17) is 12.2 Å². The Kier molecular flexibility index (Phi) is 4.28. The van der Waals surface area contributed by atoms with Crippen LogP contribution in [-0.4, -0.2) is 40.3 Å². The lowest BCUT2D eigenvalue weighted by Gasteiger charge is -2.09. The minimum atomic E-state index is 0.729. The third kappa shape index (κ3) is 3.23. The molecule has 0 saturated heterocycles. The van der Waals surface area contributed by atoms with Gasteiger partial charge in [-0.05, 0) is 52.6 Å². The Bertz CT molecular complexity index is 326. The molecule has 0 aromatic carbocycles. The van der Waals surface area contributed by atoms with Gasteiger partial charge in [0.2, 0.25) is 0 Å². The standard InChI is InChI=1S/C9H18N4S/c1-8-10-11-9(14)13(8)7-5-4-6-12(2)3/h4-7H2,1-3H3,(H,11,14). The molecule has 0 aliphatic heterocycles. The summed E-state index contributed by atoms with van der Waals surface area (Å²) in [5.41, 5.74) is 0. The zero-order chi connectivity index (χ0) is 10.6. The van der Waals surface area contributed by atoms with Crippen LogP contribution in [0.4, 0.5) is 0 Å². The molecule has 0 aliphatic rings. The lowest BCUT2D eigenvalue weighted by Crippen LogP contribution is -2.13. The monoisotopic (exact) mass is 214 g/mol. The van der Waals surface area contributed by atoms with Crippen LogP contribution in [0.25, 0.3) is 0 Å². The molecule has 1 heterocycles. The number of nitrogens with one attached hydrogen (secondary N) is 1. The number of hydrogen-bond acceptors (Lipinski definition) is 3. The molecule has 1 N–H and O–H groups in total. The fraction of sp³-hybridized carbons (Fsp3) is 0.778. The summed E-state index contributed by atoms with van der Waals surface area (Å²) in [5, 5.41) is 6.86. The minimum Gasteiger partial charge on any atom is -0.309 e. The number of rotatable bonds is 5. The van der Waals surface area contributed by atoms with Crippen molar-refractivity contribution in [3.05, 3.63) is 10.6 Å². The number of nitrogens with zero attached hydrogens (tertiary/aromatic N) is 3. The minimum absolute atomic E-state index is 0.729. The van der Waals surface area contributed by atoms with Crippen molar-refractivity contribution in [2.75, 3.05) is 20.6 Å². The summed E-state index contributed by atoms with van der Waals surface area (Å²) < 4.78 is 2.78. The van der Waals surface area contributed by atoms with Gasteiger partial charge in [0.25, 0.3) is 0 Å². The summed E-state index contributed by atoms with van der Waals surface area (Å²) >= 11 is 5.11. The van der Waals surface area contributed by atoms with Crippen LogP contribution < -0.4 is 0 Å². The Labute approximate surface area is 89.9 Å². The van der Waals surface area contributed by atoms with E-state index in [1.54, 1.807) is 0 Å². The van der Waals surface area contributed by atoms with E-state index < -0.39 is 0 Å². The van der Waals surface area contributed by atoms with E-state index in [1.807, 2.05) is 11.5 Å². The predicted molar refractivity (Wildman–Crippen MR) is 59.9 cm³/mol. The number of aromatic amines is 1. The maximum Gasteiger partial charge on any atom is 0.195 e. The van der Waals surface area contributed by atoms with Crippen molar-refractivity contribution in [3.8, 4) is 0 Å². The van der Waals surface area contributed by atoms with Gasteiger partial charge < -0.3 is 9.47 Å². The molecular weight excluding hydrogens is 196 g/mol. The molecule has 0 spiro atoms. The molecule has 80 valence electrons. The zero-order valence-electron chi connectivity index (χ0n) is 9.08. The molecule has 0 radical (unpaired) electrons. The molecule has 14 heavy (non-hydrogen) atoms. The third-order valence-corrected chi connectivity index (χ3v) is 2.50. The number of H-pyrrole nitrogens is 1. The highest BCUT2D eigenvalue weighted by atomic mass is 32.1. The van der Waals surface area contributed by atoms with Crippen LogP contribution in [0.2, 0.25) is 0 Å². The summed E-state index contributed by atoms with van der Waals surface area (Å²) in [6, 6.07) is 0. The molecule has 0 fully saturated rings. The Morgan fingerprint density at radius 1 is 1.43 bits per heavy atom. The SMILES string of the molecule is Cc1n[nH]c(=S)n1CCCCN(C)C. The molecule has 0 aliphatic carbocycles. The topological polar surface area (TPSA) is 36.9 Å². The Morgan fingerprint density at radius 3 is 2.64 bits per heavy atom. The second-order valence-electron chi connectivity index (χ2n) is 3.74. The number of aryl methyl sites for hydroxylation is 1. The van der Waals surface area contributed by atoms with Gasteiger partial charge in [-0.15, -0.1) is 0 Å². The second kappa shape index (κ2) is 5.26. The Balaban J connectivity index is 2.35. The molecule has 0 bridgehead atoms. The van der Waals surface area contributed by atoms with Gasteiger partial charge in [0.15, 0.2) is 4.77 Å². The van der Waals surface area contributed by atoms with Crippen molar-refractivity contribution in [2.45, 2.75) is 26.3 Å². The molecule has 5 heteroatoms. The van der Waals surface area contributed by atoms with Crippen LogP contribution in [-0.2, 0) is 6.54 Å². The average Bonchev–Trinajstić information content (AvgIpc) is 2.42. The van der Waals surface area contributed by atoms with Gasteiger partial charge in [-0.25, -0.2) is 0 Å². The largest absolute Gasteiger partial charge is 0.309 e. The molecular formula is C9H18N4S. The highest BCUT2D eigenvalue weighted by molar-refractivity contribution is 7.71. The number of unbranched alkanes of at least 4 members (excludes halogenated alkanes) is 1. The summed E-state index contributed by atoms with van der Waals surface area (Å²) in [4.78, 5) is 2.20. The number of hydrogen-bond donors (Lipinski definition) is 1. The first kappa shape index (κ1) is 11.4. The van der Waals surface area contributed by atoms with Gasteiger partial charge >= 0.3 is 0 Å². The van der Waals surface area contributed by atoms with Crippen LogP contribution in [0.1, 0.15) is 18.7 Å². The van der Waals surface area contributed by atoms with Crippen molar-refractivity contribution < 1.29 is 0 Å². The molecule has 1 rings (SSSR count). The molecule has 0 atom stereocenters. The fourth-order valence-electron chi connectivity index (χ4n) is 1.36. The van der Waals surface area contributed by atoms with Crippen LogP contribution in [0.5, 0.6) is 0 Å². The third-order valence-electron chi connectivity index (χ3n) is 2.19. The predicted octanol–water partition coefficient (Wildman–Crippen LogP) is 1.59. The van der Waals surface area contributed by atoms with E-state index in [1.165, 1.54) is 6.42 Å². The molecule has 0 saturated carbocycles. The highest BCUT2D eigenvalue weighted by Gasteiger charge is 1.99. The van der Waals surface area contributed by atoms with Crippen molar-refractivity contribution in [1.29, 1.82) is 0 Å². The summed E-state index contributed by atoms with van der Waals surface area (Å²) in [5.74, 6) is 0.972. The molecule has 0 amide bonds. The lowest BCUT2D eigenvalue weighted by atomic mass is 10.3. The first-order valence-corrected chi connectivity index (χ1v) is 5.28. The van der Waals surface area contributed by atoms with Gasteiger partial charge in [0, 0.05) is 6.54 Å². The maximum absolute atomic E-state index is 5.11. The molecule has 1 aromatic rings. The van der Waals surface area contributed by atoms with Crippen LogP contribution in [0, 0.1) is 11.7 Å². The first-order chi connectivity index (χ1) is 6.61. The molecule has 4 nitrogen and oxygen atoms in total. The van der Waals surface area contributed by atoms with Gasteiger partial charge in [-0.1, -0.05) is 0 Å². The maximum atomic E-state index is 5.11. The summed E-state index contributed by atoms with van der Waals surface area (Å²) in [6.07, 6.45) is 2.34. The Hall–Kier alpha value is -0.680. The summed E-state index contributed by atoms with van der Waals surface area (Å²) in [6.45, 7) is 4.07. The Morgan fingerprint density at radius 2 is 2.14 bits per heavy atom. The van der Waals surface area contributed by atoms with Gasteiger partial charge in [-0.3, -0.25) is 5.10 Å². The van der Waals surface area contributed by atoms with Gasteiger partial charge in [0.1, 0.15) is 5.82 Å². The van der Waals surface area contributed by atoms with E-state index in [0.717, 1.165) is 30.1 Å². The zero-order valence-corrected chi connectivity index (χ0v) is 9.89. The van der Waals surface area contributed by atoms with E-state index in [9.17, 15) is 0 Å².